The van der Waals surface area contributed by atoms with Crippen LogP contribution in [0.1, 0.15) is 24.4 Å². The minimum absolute atomic E-state index is 0. The molecule has 1 N–H and O–H groups in total. The normalized spacial score (nSPS) is 20.0. The molecule has 0 saturated carbocycles. The second kappa shape index (κ2) is 8.77. The number of nitrogens with zero attached hydrogens (tertiary/aromatic N) is 1. The van der Waals surface area contributed by atoms with Crippen molar-refractivity contribution in [2.75, 3.05) is 26.2 Å². The van der Waals surface area contributed by atoms with Crippen LogP contribution in [0.4, 0.5) is 22.0 Å². The molecule has 0 aliphatic carbocycles. The van der Waals surface area contributed by atoms with E-state index in [0.29, 0.717) is 31.7 Å². The molecule has 0 spiro atoms. The lowest BCUT2D eigenvalue weighted by Gasteiger charge is -2.35. The highest BCUT2D eigenvalue weighted by Gasteiger charge is 2.43. The first-order valence-corrected chi connectivity index (χ1v) is 7.65. The zero-order valence-electron chi connectivity index (χ0n) is 13.5. The standard InChI is InChI=1S/C15H17F5N2O2.2ClH/c16-14(17,18)4-3-11(22-7-5-21-6-8-22)10-1-2-12-13(9-10)24-15(19,20)23-12;;/h1-2,9,11,21H,3-8H2;2*1H/t11-;;/m1../s1. The van der Waals surface area contributed by atoms with Gasteiger partial charge in [-0.3, -0.25) is 4.90 Å². The number of piperazine rings is 1. The van der Waals surface area contributed by atoms with Gasteiger partial charge in [-0.15, -0.1) is 33.6 Å². The number of hydrogen-bond donors (Lipinski definition) is 1. The van der Waals surface area contributed by atoms with Gasteiger partial charge in [0.05, 0.1) is 0 Å². The van der Waals surface area contributed by atoms with Gasteiger partial charge < -0.3 is 14.8 Å². The van der Waals surface area contributed by atoms with Gasteiger partial charge in [-0.2, -0.15) is 13.2 Å². The molecule has 0 amide bonds. The Kier molecular flexibility index (Phi) is 7.76. The number of benzene rings is 1. The van der Waals surface area contributed by atoms with Crippen molar-refractivity contribution in [3.63, 3.8) is 0 Å². The van der Waals surface area contributed by atoms with Crippen LogP contribution in [0.3, 0.4) is 0 Å². The van der Waals surface area contributed by atoms with Crippen LogP contribution < -0.4 is 14.8 Å². The summed E-state index contributed by atoms with van der Waals surface area (Å²) in [4.78, 5) is 1.93. The first kappa shape index (κ1) is 23.0. The van der Waals surface area contributed by atoms with Crippen LogP contribution in [0.15, 0.2) is 18.2 Å². The van der Waals surface area contributed by atoms with E-state index in [9.17, 15) is 22.0 Å². The Morgan fingerprint density at radius 3 is 2.31 bits per heavy atom. The van der Waals surface area contributed by atoms with E-state index in [1.165, 1.54) is 18.2 Å². The first-order valence-electron chi connectivity index (χ1n) is 7.65. The highest BCUT2D eigenvalue weighted by molar-refractivity contribution is 5.85. The van der Waals surface area contributed by atoms with Gasteiger partial charge in [0.2, 0.25) is 0 Å². The fraction of sp³-hybridized carbons (Fsp3) is 0.600. The Balaban J connectivity index is 0.00000169. The molecule has 11 heteroatoms. The third kappa shape index (κ3) is 5.73. The summed E-state index contributed by atoms with van der Waals surface area (Å²) in [5.41, 5.74) is 0.515. The minimum Gasteiger partial charge on any atom is -0.395 e. The first-order chi connectivity index (χ1) is 11.2. The summed E-state index contributed by atoms with van der Waals surface area (Å²) in [6, 6.07) is 3.66. The van der Waals surface area contributed by atoms with Crippen molar-refractivity contribution < 1.29 is 31.4 Å². The fourth-order valence-corrected chi connectivity index (χ4v) is 3.03. The maximum atomic E-state index is 13.1. The van der Waals surface area contributed by atoms with Crippen LogP contribution in [0, 0.1) is 0 Å². The van der Waals surface area contributed by atoms with Gasteiger partial charge in [0.15, 0.2) is 11.5 Å². The Morgan fingerprint density at radius 2 is 1.69 bits per heavy atom. The van der Waals surface area contributed by atoms with E-state index in [1.807, 2.05) is 4.90 Å². The largest absolute Gasteiger partial charge is 0.586 e. The van der Waals surface area contributed by atoms with Crippen molar-refractivity contribution in [3.05, 3.63) is 23.8 Å². The molecular weight excluding hydrogens is 406 g/mol. The second-order valence-electron chi connectivity index (χ2n) is 5.83. The van der Waals surface area contributed by atoms with E-state index >= 15 is 0 Å². The topological polar surface area (TPSA) is 33.7 Å². The predicted octanol–water partition coefficient (Wildman–Crippen LogP) is 4.14. The van der Waals surface area contributed by atoms with Crippen molar-refractivity contribution in [1.29, 1.82) is 0 Å². The van der Waals surface area contributed by atoms with Crippen LogP contribution >= 0.6 is 24.8 Å². The van der Waals surface area contributed by atoms with Crippen LogP contribution in [-0.2, 0) is 0 Å². The highest BCUT2D eigenvalue weighted by Crippen LogP contribution is 2.43. The lowest BCUT2D eigenvalue weighted by Crippen LogP contribution is -2.45. The molecule has 1 fully saturated rings. The molecular formula is C15H19Cl2F5N2O2. The second-order valence-corrected chi connectivity index (χ2v) is 5.83. The van der Waals surface area contributed by atoms with E-state index < -0.39 is 24.9 Å². The molecule has 150 valence electrons. The summed E-state index contributed by atoms with van der Waals surface area (Å²) in [5.74, 6) is -0.261. The number of fused-ring (bicyclic) bond motifs is 1. The van der Waals surface area contributed by atoms with Gasteiger partial charge in [-0.05, 0) is 24.1 Å². The van der Waals surface area contributed by atoms with Gasteiger partial charge >= 0.3 is 12.5 Å². The summed E-state index contributed by atoms with van der Waals surface area (Å²) in [7, 11) is 0. The molecule has 1 aromatic carbocycles. The van der Waals surface area contributed by atoms with Crippen molar-refractivity contribution in [3.8, 4) is 11.5 Å². The lowest BCUT2D eigenvalue weighted by molar-refractivity contribution is -0.286. The summed E-state index contributed by atoms with van der Waals surface area (Å²) in [5, 5.41) is 3.14. The van der Waals surface area contributed by atoms with Gasteiger partial charge in [0.1, 0.15) is 0 Å². The van der Waals surface area contributed by atoms with Gasteiger partial charge in [0, 0.05) is 38.6 Å². The number of halogens is 7. The highest BCUT2D eigenvalue weighted by atomic mass is 35.5. The van der Waals surface area contributed by atoms with Crippen LogP contribution in [0.25, 0.3) is 0 Å². The molecule has 2 aliphatic rings. The molecule has 2 aliphatic heterocycles. The summed E-state index contributed by atoms with van der Waals surface area (Å²) in [6.07, 6.45) is -9.08. The molecule has 2 heterocycles. The molecule has 0 aromatic heterocycles. The van der Waals surface area contributed by atoms with E-state index in [2.05, 4.69) is 14.8 Å². The van der Waals surface area contributed by atoms with Crippen LogP contribution in [0.2, 0.25) is 0 Å². The number of alkyl halides is 5. The van der Waals surface area contributed by atoms with E-state index in [1.54, 1.807) is 0 Å². The summed E-state index contributed by atoms with van der Waals surface area (Å²) < 4.78 is 72.9. The van der Waals surface area contributed by atoms with Gasteiger partial charge in [-0.25, -0.2) is 0 Å². The fourth-order valence-electron chi connectivity index (χ4n) is 3.03. The molecule has 1 saturated heterocycles. The zero-order chi connectivity index (χ0) is 17.4. The molecule has 0 unspecified atom stereocenters. The summed E-state index contributed by atoms with van der Waals surface area (Å²) in [6.45, 7) is 2.52. The molecule has 1 atom stereocenters. The van der Waals surface area contributed by atoms with Crippen molar-refractivity contribution in [2.24, 2.45) is 0 Å². The zero-order valence-corrected chi connectivity index (χ0v) is 15.2. The minimum atomic E-state index is -4.27. The van der Waals surface area contributed by atoms with E-state index in [0.717, 1.165) is 0 Å². The monoisotopic (exact) mass is 424 g/mol. The van der Waals surface area contributed by atoms with E-state index in [4.69, 9.17) is 0 Å². The molecule has 1 aromatic rings. The maximum absolute atomic E-state index is 13.1. The summed E-state index contributed by atoms with van der Waals surface area (Å²) >= 11 is 0. The number of nitrogens with one attached hydrogen (secondary N) is 1. The van der Waals surface area contributed by atoms with Crippen molar-refractivity contribution in [1.82, 2.24) is 10.2 Å². The molecule has 0 radical (unpaired) electrons. The third-order valence-corrected chi connectivity index (χ3v) is 4.10. The lowest BCUT2D eigenvalue weighted by atomic mass is 9.98. The Morgan fingerprint density at radius 1 is 1.08 bits per heavy atom. The number of rotatable bonds is 4. The average molecular weight is 425 g/mol. The quantitative estimate of drug-likeness (QED) is 0.736. The average Bonchev–Trinajstić information content (AvgIpc) is 2.80. The van der Waals surface area contributed by atoms with Gasteiger partial charge in [0.25, 0.3) is 0 Å². The molecule has 3 rings (SSSR count). The van der Waals surface area contributed by atoms with Crippen molar-refractivity contribution >= 4 is 24.8 Å². The Hall–Kier alpha value is -1.03. The Labute approximate surface area is 159 Å². The molecule has 4 nitrogen and oxygen atoms in total. The number of hydrogen-bond acceptors (Lipinski definition) is 4. The maximum Gasteiger partial charge on any atom is 0.586 e. The van der Waals surface area contributed by atoms with Crippen LogP contribution in [0.5, 0.6) is 11.5 Å². The smallest absolute Gasteiger partial charge is 0.395 e. The van der Waals surface area contributed by atoms with Crippen LogP contribution in [-0.4, -0.2) is 43.5 Å². The number of ether oxygens (including phenoxy) is 2. The van der Waals surface area contributed by atoms with E-state index in [-0.39, 0.29) is 42.7 Å². The SMILES string of the molecule is Cl.Cl.FC(F)(F)CC[C@H](c1ccc2c(c1)OC(F)(F)O2)N1CCNCC1. The van der Waals surface area contributed by atoms with Crippen molar-refractivity contribution in [2.45, 2.75) is 31.4 Å². The van der Waals surface area contributed by atoms with Gasteiger partial charge in [-0.1, -0.05) is 6.07 Å². The predicted molar refractivity (Wildman–Crippen MR) is 89.6 cm³/mol. The third-order valence-electron chi connectivity index (χ3n) is 4.10. The molecule has 0 bridgehead atoms. The molecule has 26 heavy (non-hydrogen) atoms. The Bertz CT molecular complexity index is 598.